The number of carbonyl (C=O) groups excluding carboxylic acids is 2. The minimum absolute atomic E-state index is 0.0240. The van der Waals surface area contributed by atoms with Gasteiger partial charge in [-0.25, -0.2) is 4.79 Å². The van der Waals surface area contributed by atoms with Crippen molar-refractivity contribution in [3.63, 3.8) is 0 Å². The summed E-state index contributed by atoms with van der Waals surface area (Å²) in [5.74, 6) is -2.37. The first kappa shape index (κ1) is 15.4. The molecule has 3 N–H and O–H groups in total. The molecule has 3 aliphatic rings. The second kappa shape index (κ2) is 5.27. The minimum atomic E-state index is -1.16. The molecule has 120 valence electrons. The maximum Gasteiger partial charge on any atom is 0.353 e. The van der Waals surface area contributed by atoms with Gasteiger partial charge in [0.15, 0.2) is 0 Å². The van der Waals surface area contributed by atoms with E-state index in [4.69, 9.17) is 0 Å². The van der Waals surface area contributed by atoms with E-state index in [1.54, 1.807) is 6.92 Å². The highest BCUT2D eigenvalue weighted by molar-refractivity contribution is 8.04. The van der Waals surface area contributed by atoms with Crippen molar-refractivity contribution >= 4 is 29.5 Å². The van der Waals surface area contributed by atoms with Crippen molar-refractivity contribution in [1.82, 2.24) is 10.2 Å². The monoisotopic (exact) mass is 326 g/mol. The average Bonchev–Trinajstić information content (AvgIpc) is 2.92. The van der Waals surface area contributed by atoms with E-state index in [1.165, 1.54) is 16.7 Å². The van der Waals surface area contributed by atoms with Crippen LogP contribution in [0.25, 0.3) is 0 Å². The smallest absolute Gasteiger partial charge is 0.353 e. The maximum atomic E-state index is 12.2. The summed E-state index contributed by atoms with van der Waals surface area (Å²) in [6.45, 7) is 3.98. The molecular formula is C14H18N2O5S. The Hall–Kier alpha value is -1.54. The van der Waals surface area contributed by atoms with E-state index in [-0.39, 0.29) is 34.7 Å². The van der Waals surface area contributed by atoms with Gasteiger partial charge in [0, 0.05) is 17.4 Å². The fourth-order valence-electron chi connectivity index (χ4n) is 3.52. The number of carbonyl (C=O) groups is 3. The minimum Gasteiger partial charge on any atom is -0.477 e. The molecule has 0 bridgehead atoms. The lowest BCUT2D eigenvalue weighted by molar-refractivity contribution is -0.163. The highest BCUT2D eigenvalue weighted by Gasteiger charge is 2.60. The Kier molecular flexibility index (Phi) is 3.68. The zero-order valence-electron chi connectivity index (χ0n) is 12.3. The molecule has 0 spiro atoms. The molecule has 2 saturated heterocycles. The van der Waals surface area contributed by atoms with Crippen LogP contribution >= 0.6 is 11.8 Å². The van der Waals surface area contributed by atoms with Crippen molar-refractivity contribution in [3.8, 4) is 0 Å². The van der Waals surface area contributed by atoms with Gasteiger partial charge in [0.05, 0.1) is 23.3 Å². The number of nitrogens with one attached hydrogen (secondary N) is 1. The molecule has 0 aromatic heterocycles. The van der Waals surface area contributed by atoms with Gasteiger partial charge in [-0.1, -0.05) is 6.92 Å². The number of thioether (sulfide) groups is 1. The second-order valence-corrected chi connectivity index (χ2v) is 7.20. The summed E-state index contributed by atoms with van der Waals surface area (Å²) < 4.78 is 0. The molecule has 2 fully saturated rings. The zero-order valence-corrected chi connectivity index (χ0v) is 13.1. The van der Waals surface area contributed by atoms with Gasteiger partial charge in [0.1, 0.15) is 5.70 Å². The molecule has 0 aromatic carbocycles. The van der Waals surface area contributed by atoms with Gasteiger partial charge in [0.2, 0.25) is 11.8 Å². The number of amides is 2. The molecule has 0 aliphatic carbocycles. The summed E-state index contributed by atoms with van der Waals surface area (Å²) in [5.41, 5.74) is -0.0240. The Labute approximate surface area is 131 Å². The number of β-lactam (4-membered cyclic amide) rings is 1. The fraction of sp³-hybridized carbons (Fsp3) is 0.643. The molecule has 3 heterocycles. The Balaban J connectivity index is 1.92. The van der Waals surface area contributed by atoms with Crippen molar-refractivity contribution < 1.29 is 24.6 Å². The Bertz CT molecular complexity index is 588. The van der Waals surface area contributed by atoms with Crippen molar-refractivity contribution in [1.29, 1.82) is 0 Å². The summed E-state index contributed by atoms with van der Waals surface area (Å²) in [7, 11) is 0. The normalized spacial score (nSPS) is 35.3. The zero-order chi connectivity index (χ0) is 16.2. The van der Waals surface area contributed by atoms with Crippen LogP contribution in [-0.4, -0.2) is 56.8 Å². The number of fused-ring (bicyclic) bond motifs is 1. The third kappa shape index (κ3) is 2.04. The lowest BCUT2D eigenvalue weighted by atomic mass is 9.79. The highest BCUT2D eigenvalue weighted by atomic mass is 32.2. The number of hydrogen-bond donors (Lipinski definition) is 3. The van der Waals surface area contributed by atoms with Gasteiger partial charge in [0.25, 0.3) is 0 Å². The first-order chi connectivity index (χ1) is 10.3. The van der Waals surface area contributed by atoms with Gasteiger partial charge >= 0.3 is 5.97 Å². The Morgan fingerprint density at radius 2 is 2.14 bits per heavy atom. The van der Waals surface area contributed by atoms with Crippen LogP contribution in [0, 0.1) is 11.8 Å². The standard InChI is InChI=1S/C14H18N2O5S/c1-5-9-8(6(2)17)13(19)16(9)10(14(20)21)11(5)22-7-3-4-15-12(7)18/h5-9,17H,3-4H2,1-2H3,(H,15,18)(H,20,21)/t5-,6-,7?,8-,9-/m1/s1. The van der Waals surface area contributed by atoms with Gasteiger partial charge in [-0.05, 0) is 13.3 Å². The van der Waals surface area contributed by atoms with Crippen LogP contribution in [-0.2, 0) is 14.4 Å². The second-order valence-electron chi connectivity index (χ2n) is 5.96. The molecule has 0 aromatic rings. The third-order valence-corrected chi connectivity index (χ3v) is 6.13. The van der Waals surface area contributed by atoms with E-state index < -0.39 is 18.0 Å². The summed E-state index contributed by atoms with van der Waals surface area (Å²) in [6.07, 6.45) is -0.171. The van der Waals surface area contributed by atoms with Crippen LogP contribution in [0.4, 0.5) is 0 Å². The molecule has 8 heteroatoms. The Morgan fingerprint density at radius 1 is 1.45 bits per heavy atom. The van der Waals surface area contributed by atoms with Crippen LogP contribution in [0.15, 0.2) is 10.6 Å². The quantitative estimate of drug-likeness (QED) is 0.616. The first-order valence-corrected chi connectivity index (χ1v) is 8.15. The van der Waals surface area contributed by atoms with Crippen LogP contribution in [0.3, 0.4) is 0 Å². The van der Waals surface area contributed by atoms with E-state index in [0.717, 1.165) is 0 Å². The predicted molar refractivity (Wildman–Crippen MR) is 78.6 cm³/mol. The van der Waals surface area contributed by atoms with Gasteiger partial charge in [-0.2, -0.15) is 0 Å². The number of aliphatic carboxylic acids is 1. The first-order valence-electron chi connectivity index (χ1n) is 7.27. The largest absolute Gasteiger partial charge is 0.477 e. The van der Waals surface area contributed by atoms with Crippen LogP contribution in [0.1, 0.15) is 20.3 Å². The number of carboxylic acid groups (broad SMARTS) is 1. The third-order valence-electron chi connectivity index (χ3n) is 4.58. The number of carboxylic acids is 1. The maximum absolute atomic E-state index is 12.2. The molecular weight excluding hydrogens is 308 g/mol. The van der Waals surface area contributed by atoms with Crippen LogP contribution in [0.2, 0.25) is 0 Å². The van der Waals surface area contributed by atoms with E-state index in [1.807, 2.05) is 6.92 Å². The fourth-order valence-corrected chi connectivity index (χ4v) is 4.90. The summed E-state index contributed by atoms with van der Waals surface area (Å²) in [6, 6.07) is -0.328. The summed E-state index contributed by atoms with van der Waals surface area (Å²) in [4.78, 5) is 37.4. The highest BCUT2D eigenvalue weighted by Crippen LogP contribution is 2.51. The van der Waals surface area contributed by atoms with E-state index in [0.29, 0.717) is 17.9 Å². The van der Waals surface area contributed by atoms with E-state index >= 15 is 0 Å². The van der Waals surface area contributed by atoms with Gasteiger partial charge < -0.3 is 20.4 Å². The van der Waals surface area contributed by atoms with Crippen molar-refractivity contribution in [2.45, 2.75) is 37.7 Å². The van der Waals surface area contributed by atoms with Crippen LogP contribution in [0.5, 0.6) is 0 Å². The number of hydrogen-bond acceptors (Lipinski definition) is 5. The van der Waals surface area contributed by atoms with Crippen molar-refractivity contribution in [2.75, 3.05) is 6.54 Å². The number of rotatable bonds is 4. The van der Waals surface area contributed by atoms with Crippen molar-refractivity contribution in [3.05, 3.63) is 10.6 Å². The molecule has 22 heavy (non-hydrogen) atoms. The molecule has 0 saturated carbocycles. The lowest BCUT2D eigenvalue weighted by Crippen LogP contribution is -2.63. The molecule has 7 nitrogen and oxygen atoms in total. The SMILES string of the molecule is C[C@@H](O)[C@H]1C(=O)N2C(C(=O)O)=C(SC3CCNC3=O)[C@H](C)[C@H]12. The molecule has 5 atom stereocenters. The van der Waals surface area contributed by atoms with Crippen molar-refractivity contribution in [2.24, 2.45) is 11.8 Å². The number of nitrogens with zero attached hydrogens (tertiary/aromatic N) is 1. The lowest BCUT2D eigenvalue weighted by Gasteiger charge is -2.46. The molecule has 1 unspecified atom stereocenters. The van der Waals surface area contributed by atoms with Gasteiger partial charge in [-0.15, -0.1) is 11.8 Å². The van der Waals surface area contributed by atoms with Crippen LogP contribution < -0.4 is 5.32 Å². The molecule has 0 radical (unpaired) electrons. The molecule has 3 rings (SSSR count). The summed E-state index contributed by atoms with van der Waals surface area (Å²) >= 11 is 1.24. The number of aliphatic hydroxyl groups is 1. The van der Waals surface area contributed by atoms with Gasteiger partial charge in [-0.3, -0.25) is 9.59 Å². The molecule has 3 aliphatic heterocycles. The number of aliphatic hydroxyl groups excluding tert-OH is 1. The predicted octanol–water partition coefficient (Wildman–Crippen LogP) is -0.238. The average molecular weight is 326 g/mol. The van der Waals surface area contributed by atoms with E-state index in [9.17, 15) is 24.6 Å². The topological polar surface area (TPSA) is 107 Å². The Morgan fingerprint density at radius 3 is 2.64 bits per heavy atom. The molecule has 2 amide bonds. The summed E-state index contributed by atoms with van der Waals surface area (Å²) in [5, 5.41) is 21.7. The van der Waals surface area contributed by atoms with E-state index in [2.05, 4.69) is 5.32 Å².